The zero-order chi connectivity index (χ0) is 14.8. The number of hydrogen-bond acceptors (Lipinski definition) is 5. The molecule has 0 radical (unpaired) electrons. The standard InChI is InChI=1S/C15H19N5O/c1-3-16-15-17-12-7-5-4-6-11(12)14(18-15)20-9-8-19(2)13(21)10-20/h4-7H,3,8-10H2,1-2H3,(H,16,17,18). The largest absolute Gasteiger partial charge is 0.354 e. The Bertz CT molecular complexity index is 672. The van der Waals surface area contributed by atoms with Crippen molar-refractivity contribution >= 4 is 28.6 Å². The van der Waals surface area contributed by atoms with E-state index in [4.69, 9.17) is 0 Å². The normalized spacial score (nSPS) is 15.6. The lowest BCUT2D eigenvalue weighted by Crippen LogP contribution is -2.49. The smallest absolute Gasteiger partial charge is 0.241 e. The Morgan fingerprint density at radius 2 is 2.05 bits per heavy atom. The summed E-state index contributed by atoms with van der Waals surface area (Å²) in [7, 11) is 1.84. The van der Waals surface area contributed by atoms with E-state index in [1.165, 1.54) is 0 Å². The zero-order valence-corrected chi connectivity index (χ0v) is 12.3. The summed E-state index contributed by atoms with van der Waals surface area (Å²) in [6.07, 6.45) is 0. The van der Waals surface area contributed by atoms with Gasteiger partial charge in [-0.05, 0) is 19.1 Å². The molecule has 6 heteroatoms. The number of piperazine rings is 1. The number of likely N-dealkylation sites (N-methyl/N-ethyl adjacent to an activating group) is 1. The molecular formula is C15H19N5O. The molecule has 1 saturated heterocycles. The maximum absolute atomic E-state index is 11.9. The maximum Gasteiger partial charge on any atom is 0.241 e. The van der Waals surface area contributed by atoms with E-state index >= 15 is 0 Å². The molecule has 110 valence electrons. The van der Waals surface area contributed by atoms with E-state index in [0.717, 1.165) is 29.8 Å². The minimum absolute atomic E-state index is 0.119. The molecule has 1 aliphatic heterocycles. The van der Waals surface area contributed by atoms with Gasteiger partial charge in [0.2, 0.25) is 11.9 Å². The quantitative estimate of drug-likeness (QED) is 0.922. The summed E-state index contributed by atoms with van der Waals surface area (Å²) in [4.78, 5) is 24.9. The summed E-state index contributed by atoms with van der Waals surface area (Å²) < 4.78 is 0. The number of benzene rings is 1. The average molecular weight is 285 g/mol. The topological polar surface area (TPSA) is 61.4 Å². The molecule has 0 unspecified atom stereocenters. The van der Waals surface area contributed by atoms with Crippen molar-refractivity contribution in [1.82, 2.24) is 14.9 Å². The van der Waals surface area contributed by atoms with E-state index in [9.17, 15) is 4.79 Å². The Morgan fingerprint density at radius 1 is 1.24 bits per heavy atom. The molecule has 1 fully saturated rings. The number of rotatable bonds is 3. The maximum atomic E-state index is 11.9. The van der Waals surface area contributed by atoms with Crippen LogP contribution in [0.5, 0.6) is 0 Å². The zero-order valence-electron chi connectivity index (χ0n) is 12.3. The van der Waals surface area contributed by atoms with Crippen molar-refractivity contribution in [2.75, 3.05) is 43.4 Å². The highest BCUT2D eigenvalue weighted by Crippen LogP contribution is 2.26. The summed E-state index contributed by atoms with van der Waals surface area (Å²) in [5.41, 5.74) is 0.893. The van der Waals surface area contributed by atoms with Gasteiger partial charge in [-0.15, -0.1) is 0 Å². The van der Waals surface area contributed by atoms with Crippen molar-refractivity contribution in [2.45, 2.75) is 6.92 Å². The van der Waals surface area contributed by atoms with E-state index in [0.29, 0.717) is 19.0 Å². The Kier molecular flexibility index (Phi) is 3.60. The molecule has 2 aromatic rings. The predicted molar refractivity (Wildman–Crippen MR) is 83.6 cm³/mol. The number of carbonyl (C=O) groups is 1. The first-order valence-corrected chi connectivity index (χ1v) is 7.18. The van der Waals surface area contributed by atoms with Crippen LogP contribution in [0.15, 0.2) is 24.3 Å². The minimum Gasteiger partial charge on any atom is -0.354 e. The van der Waals surface area contributed by atoms with E-state index in [2.05, 4.69) is 15.3 Å². The SMILES string of the molecule is CCNc1nc(N2CCN(C)C(=O)C2)c2ccccc2n1. The highest BCUT2D eigenvalue weighted by Gasteiger charge is 2.24. The number of para-hydroxylation sites is 1. The van der Waals surface area contributed by atoms with E-state index < -0.39 is 0 Å². The summed E-state index contributed by atoms with van der Waals surface area (Å²) in [5.74, 6) is 1.56. The van der Waals surface area contributed by atoms with Crippen LogP contribution in [-0.4, -0.2) is 54.0 Å². The lowest BCUT2D eigenvalue weighted by Gasteiger charge is -2.33. The van der Waals surface area contributed by atoms with Crippen molar-refractivity contribution in [3.05, 3.63) is 24.3 Å². The van der Waals surface area contributed by atoms with Crippen molar-refractivity contribution in [3.8, 4) is 0 Å². The molecule has 1 amide bonds. The second-order valence-corrected chi connectivity index (χ2v) is 5.16. The minimum atomic E-state index is 0.119. The van der Waals surface area contributed by atoms with Gasteiger partial charge < -0.3 is 15.1 Å². The van der Waals surface area contributed by atoms with Crippen LogP contribution in [0.1, 0.15) is 6.92 Å². The van der Waals surface area contributed by atoms with Crippen LogP contribution in [-0.2, 0) is 4.79 Å². The average Bonchev–Trinajstić information content (AvgIpc) is 2.50. The number of nitrogens with one attached hydrogen (secondary N) is 1. The number of nitrogens with zero attached hydrogens (tertiary/aromatic N) is 4. The molecule has 2 heterocycles. The first kappa shape index (κ1) is 13.6. The first-order chi connectivity index (χ1) is 10.2. The highest BCUT2D eigenvalue weighted by atomic mass is 16.2. The van der Waals surface area contributed by atoms with Gasteiger partial charge in [-0.1, -0.05) is 12.1 Å². The molecule has 1 N–H and O–H groups in total. The molecule has 21 heavy (non-hydrogen) atoms. The van der Waals surface area contributed by atoms with Crippen LogP contribution in [0, 0.1) is 0 Å². The number of aromatic nitrogens is 2. The fourth-order valence-corrected chi connectivity index (χ4v) is 2.48. The van der Waals surface area contributed by atoms with Crippen LogP contribution < -0.4 is 10.2 Å². The Hall–Kier alpha value is -2.37. The number of amides is 1. The number of anilines is 2. The monoisotopic (exact) mass is 285 g/mol. The van der Waals surface area contributed by atoms with Gasteiger partial charge in [-0.25, -0.2) is 4.98 Å². The molecule has 1 aliphatic rings. The lowest BCUT2D eigenvalue weighted by molar-refractivity contribution is -0.129. The number of carbonyl (C=O) groups excluding carboxylic acids is 1. The molecule has 1 aromatic carbocycles. The molecule has 0 bridgehead atoms. The summed E-state index contributed by atoms with van der Waals surface area (Å²) >= 11 is 0. The second kappa shape index (κ2) is 5.55. The molecular weight excluding hydrogens is 266 g/mol. The van der Waals surface area contributed by atoms with Gasteiger partial charge in [0, 0.05) is 32.1 Å². The Morgan fingerprint density at radius 3 is 2.81 bits per heavy atom. The molecule has 0 saturated carbocycles. The fourth-order valence-electron chi connectivity index (χ4n) is 2.48. The van der Waals surface area contributed by atoms with Crippen LogP contribution in [0.25, 0.3) is 10.9 Å². The molecule has 0 spiro atoms. The van der Waals surface area contributed by atoms with Crippen LogP contribution in [0.3, 0.4) is 0 Å². The van der Waals surface area contributed by atoms with Crippen LogP contribution in [0.4, 0.5) is 11.8 Å². The van der Waals surface area contributed by atoms with Crippen molar-refractivity contribution in [2.24, 2.45) is 0 Å². The van der Waals surface area contributed by atoms with Gasteiger partial charge >= 0.3 is 0 Å². The molecule has 6 nitrogen and oxygen atoms in total. The predicted octanol–water partition coefficient (Wildman–Crippen LogP) is 1.34. The Balaban J connectivity index is 2.05. The third kappa shape index (κ3) is 2.61. The van der Waals surface area contributed by atoms with Gasteiger partial charge in [-0.3, -0.25) is 4.79 Å². The van der Waals surface area contributed by atoms with Crippen molar-refractivity contribution < 1.29 is 4.79 Å². The van der Waals surface area contributed by atoms with Gasteiger partial charge in [0.25, 0.3) is 0 Å². The third-order valence-corrected chi connectivity index (χ3v) is 3.67. The molecule has 0 aliphatic carbocycles. The Labute approximate surface area is 123 Å². The number of fused-ring (bicyclic) bond motifs is 1. The third-order valence-electron chi connectivity index (χ3n) is 3.67. The summed E-state index contributed by atoms with van der Waals surface area (Å²) in [6, 6.07) is 7.91. The van der Waals surface area contributed by atoms with E-state index in [-0.39, 0.29) is 5.91 Å². The van der Waals surface area contributed by atoms with Gasteiger partial charge in [-0.2, -0.15) is 4.98 Å². The summed E-state index contributed by atoms with van der Waals surface area (Å²) in [6.45, 7) is 4.64. The van der Waals surface area contributed by atoms with Crippen molar-refractivity contribution in [3.63, 3.8) is 0 Å². The lowest BCUT2D eigenvalue weighted by atomic mass is 10.2. The molecule has 0 atom stereocenters. The highest BCUT2D eigenvalue weighted by molar-refractivity contribution is 5.93. The summed E-state index contributed by atoms with van der Waals surface area (Å²) in [5, 5.41) is 4.14. The number of hydrogen-bond donors (Lipinski definition) is 1. The van der Waals surface area contributed by atoms with Crippen molar-refractivity contribution in [1.29, 1.82) is 0 Å². The van der Waals surface area contributed by atoms with Crippen LogP contribution in [0.2, 0.25) is 0 Å². The molecule has 1 aromatic heterocycles. The van der Waals surface area contributed by atoms with E-state index in [1.54, 1.807) is 4.90 Å². The van der Waals surface area contributed by atoms with E-state index in [1.807, 2.05) is 43.1 Å². The fraction of sp³-hybridized carbons (Fsp3) is 0.400. The van der Waals surface area contributed by atoms with Crippen LogP contribution >= 0.6 is 0 Å². The van der Waals surface area contributed by atoms with Gasteiger partial charge in [0.15, 0.2) is 0 Å². The first-order valence-electron chi connectivity index (χ1n) is 7.18. The molecule has 3 rings (SSSR count). The van der Waals surface area contributed by atoms with Gasteiger partial charge in [0.1, 0.15) is 5.82 Å². The second-order valence-electron chi connectivity index (χ2n) is 5.16. The van der Waals surface area contributed by atoms with Gasteiger partial charge in [0.05, 0.1) is 12.1 Å².